The number of anilines is 2. The van der Waals surface area contributed by atoms with Crippen molar-refractivity contribution < 1.29 is 14.3 Å². The van der Waals surface area contributed by atoms with E-state index in [1.54, 1.807) is 53.8 Å². The van der Waals surface area contributed by atoms with E-state index < -0.39 is 6.04 Å². The van der Waals surface area contributed by atoms with Crippen molar-refractivity contribution in [3.05, 3.63) is 101 Å². The van der Waals surface area contributed by atoms with Crippen LogP contribution in [0.1, 0.15) is 38.0 Å². The van der Waals surface area contributed by atoms with Gasteiger partial charge in [0.1, 0.15) is 11.8 Å². The lowest BCUT2D eigenvalue weighted by Crippen LogP contribution is -2.22. The van der Waals surface area contributed by atoms with Crippen LogP contribution in [0, 0.1) is 0 Å². The third kappa shape index (κ3) is 3.67. The lowest BCUT2D eigenvalue weighted by Gasteiger charge is -2.17. The maximum Gasteiger partial charge on any atom is 0.259 e. The van der Waals surface area contributed by atoms with E-state index in [-0.39, 0.29) is 11.7 Å². The van der Waals surface area contributed by atoms with Crippen LogP contribution in [-0.4, -0.2) is 23.4 Å². The van der Waals surface area contributed by atoms with E-state index in [1.165, 1.54) is 12.7 Å². The maximum absolute atomic E-state index is 13.4. The van der Waals surface area contributed by atoms with E-state index in [4.69, 9.17) is 4.74 Å². The molecule has 1 unspecified atom stereocenters. The number of carbonyl (C=O) groups is 2. The lowest BCUT2D eigenvalue weighted by atomic mass is 10.0. The monoisotopic (exact) mass is 443 g/mol. The molecule has 2 aromatic heterocycles. The standard InChI is InChI=1S/C25H21N3O3S/c1-31-21-7-3-2-5-19(21)24(30)26-18-10-8-16(9-11-18)23(29)22-20-6-4-13-28(20)15-17-12-14-32-25(17)27-22/h2-14,22,27H,15H2,1H3,(H,26,30). The summed E-state index contributed by atoms with van der Waals surface area (Å²) in [4.78, 5) is 26.0. The highest BCUT2D eigenvalue weighted by Crippen LogP contribution is 2.34. The predicted molar refractivity (Wildman–Crippen MR) is 126 cm³/mol. The molecule has 0 saturated heterocycles. The number of carbonyl (C=O) groups excluding carboxylic acids is 2. The number of ketones is 1. The number of hydrogen-bond acceptors (Lipinski definition) is 5. The predicted octanol–water partition coefficient (Wildman–Crippen LogP) is 5.21. The van der Waals surface area contributed by atoms with Crippen molar-refractivity contribution in [2.75, 3.05) is 17.7 Å². The number of rotatable bonds is 5. The van der Waals surface area contributed by atoms with Gasteiger partial charge in [-0.15, -0.1) is 11.3 Å². The van der Waals surface area contributed by atoms with E-state index in [9.17, 15) is 9.59 Å². The zero-order valence-electron chi connectivity index (χ0n) is 17.4. The Morgan fingerprint density at radius 2 is 1.88 bits per heavy atom. The summed E-state index contributed by atoms with van der Waals surface area (Å²) in [7, 11) is 1.53. The Bertz CT molecular complexity index is 1290. The number of nitrogens with zero attached hydrogens (tertiary/aromatic N) is 1. The zero-order chi connectivity index (χ0) is 22.1. The normalized spacial score (nSPS) is 14.5. The highest BCUT2D eigenvalue weighted by molar-refractivity contribution is 7.14. The van der Waals surface area contributed by atoms with Gasteiger partial charge in [0.15, 0.2) is 5.78 Å². The molecule has 160 valence electrons. The molecule has 3 heterocycles. The minimum Gasteiger partial charge on any atom is -0.496 e. The molecule has 5 rings (SSSR count). The first-order valence-corrected chi connectivity index (χ1v) is 11.1. The molecule has 2 N–H and O–H groups in total. The summed E-state index contributed by atoms with van der Waals surface area (Å²) in [5.41, 5.74) is 3.75. The Morgan fingerprint density at radius 1 is 1.06 bits per heavy atom. The Balaban J connectivity index is 1.36. The SMILES string of the molecule is COc1ccccc1C(=O)Nc1ccc(C(=O)C2Nc3sccc3Cn3cccc32)cc1. The molecule has 0 fully saturated rings. The van der Waals surface area contributed by atoms with Gasteiger partial charge in [0.25, 0.3) is 5.91 Å². The molecule has 32 heavy (non-hydrogen) atoms. The Hall–Kier alpha value is -3.84. The number of benzene rings is 2. The minimum absolute atomic E-state index is 0.0196. The molecule has 0 radical (unpaired) electrons. The number of Topliss-reactive ketones (excluding diaryl/α,β-unsaturated/α-hetero) is 1. The van der Waals surface area contributed by atoms with Crippen LogP contribution < -0.4 is 15.4 Å². The average molecular weight is 444 g/mol. The van der Waals surface area contributed by atoms with Gasteiger partial charge in [-0.2, -0.15) is 0 Å². The molecular formula is C25H21N3O3S. The van der Waals surface area contributed by atoms with Crippen LogP contribution in [0.4, 0.5) is 10.7 Å². The number of methoxy groups -OCH3 is 1. The van der Waals surface area contributed by atoms with Gasteiger partial charge in [-0.05, 0) is 60.0 Å². The first kappa shape index (κ1) is 20.1. The van der Waals surface area contributed by atoms with Crippen molar-refractivity contribution in [1.29, 1.82) is 0 Å². The van der Waals surface area contributed by atoms with E-state index >= 15 is 0 Å². The molecule has 4 aromatic rings. The van der Waals surface area contributed by atoms with E-state index in [0.717, 1.165) is 17.2 Å². The fraction of sp³-hybridized carbons (Fsp3) is 0.120. The van der Waals surface area contributed by atoms with Gasteiger partial charge in [-0.1, -0.05) is 12.1 Å². The Kier molecular flexibility index (Phi) is 5.25. The molecule has 0 saturated carbocycles. The maximum atomic E-state index is 13.4. The second-order valence-corrected chi connectivity index (χ2v) is 8.43. The fourth-order valence-corrected chi connectivity index (χ4v) is 4.76. The van der Waals surface area contributed by atoms with Gasteiger partial charge in [0, 0.05) is 28.7 Å². The molecule has 7 heteroatoms. The van der Waals surface area contributed by atoms with Gasteiger partial charge in [-0.25, -0.2) is 0 Å². The van der Waals surface area contributed by atoms with Crippen molar-refractivity contribution in [1.82, 2.24) is 4.57 Å². The third-order valence-corrected chi connectivity index (χ3v) is 6.45. The summed E-state index contributed by atoms with van der Waals surface area (Å²) in [5, 5.41) is 9.34. The Labute approximate surface area is 189 Å². The van der Waals surface area contributed by atoms with Crippen molar-refractivity contribution in [2.45, 2.75) is 12.6 Å². The highest BCUT2D eigenvalue weighted by Gasteiger charge is 2.28. The Morgan fingerprint density at radius 3 is 2.69 bits per heavy atom. The molecule has 1 aliphatic rings. The summed E-state index contributed by atoms with van der Waals surface area (Å²) >= 11 is 1.60. The summed E-state index contributed by atoms with van der Waals surface area (Å²) in [6, 6.07) is 19.6. The number of fused-ring (bicyclic) bond motifs is 2. The number of thiophene rings is 1. The van der Waals surface area contributed by atoms with Gasteiger partial charge in [-0.3, -0.25) is 9.59 Å². The van der Waals surface area contributed by atoms with Crippen molar-refractivity contribution in [3.8, 4) is 5.75 Å². The molecule has 6 nitrogen and oxygen atoms in total. The summed E-state index contributed by atoms with van der Waals surface area (Å²) in [6.07, 6.45) is 2.00. The van der Waals surface area contributed by atoms with Crippen LogP contribution >= 0.6 is 11.3 Å². The highest BCUT2D eigenvalue weighted by atomic mass is 32.1. The zero-order valence-corrected chi connectivity index (χ0v) is 18.2. The van der Waals surface area contributed by atoms with Crippen LogP contribution in [0.25, 0.3) is 0 Å². The molecule has 0 bridgehead atoms. The first-order chi connectivity index (χ1) is 15.6. The second kappa shape index (κ2) is 8.36. The number of amides is 1. The molecule has 1 aliphatic heterocycles. The molecule has 0 spiro atoms. The fourth-order valence-electron chi connectivity index (χ4n) is 3.92. The van der Waals surface area contributed by atoms with E-state index in [0.29, 0.717) is 22.6 Å². The van der Waals surface area contributed by atoms with Crippen molar-refractivity contribution in [2.24, 2.45) is 0 Å². The molecular weight excluding hydrogens is 422 g/mol. The van der Waals surface area contributed by atoms with Crippen LogP contribution in [0.3, 0.4) is 0 Å². The van der Waals surface area contributed by atoms with Gasteiger partial charge >= 0.3 is 0 Å². The largest absolute Gasteiger partial charge is 0.496 e. The number of para-hydroxylation sites is 1. The van der Waals surface area contributed by atoms with Gasteiger partial charge in [0.05, 0.1) is 24.2 Å². The van der Waals surface area contributed by atoms with E-state index in [2.05, 4.69) is 21.3 Å². The summed E-state index contributed by atoms with van der Waals surface area (Å²) in [6.45, 7) is 0.742. The average Bonchev–Trinajstić information content (AvgIpc) is 3.44. The van der Waals surface area contributed by atoms with E-state index in [1.807, 2.05) is 29.8 Å². The lowest BCUT2D eigenvalue weighted by molar-refractivity contribution is 0.0966. The van der Waals surface area contributed by atoms with Crippen molar-refractivity contribution in [3.63, 3.8) is 0 Å². The van der Waals surface area contributed by atoms with Crippen LogP contribution in [-0.2, 0) is 6.54 Å². The van der Waals surface area contributed by atoms with Gasteiger partial charge < -0.3 is 19.9 Å². The quantitative estimate of drug-likeness (QED) is 0.416. The number of hydrogen-bond donors (Lipinski definition) is 2. The third-order valence-electron chi connectivity index (χ3n) is 5.56. The van der Waals surface area contributed by atoms with Crippen LogP contribution in [0.2, 0.25) is 0 Å². The summed E-state index contributed by atoms with van der Waals surface area (Å²) in [5.74, 6) is 0.219. The smallest absolute Gasteiger partial charge is 0.259 e. The number of nitrogens with one attached hydrogen (secondary N) is 2. The minimum atomic E-state index is -0.473. The first-order valence-electron chi connectivity index (χ1n) is 10.2. The molecule has 1 atom stereocenters. The van der Waals surface area contributed by atoms with Crippen LogP contribution in [0.5, 0.6) is 5.75 Å². The number of aromatic nitrogens is 1. The van der Waals surface area contributed by atoms with Crippen molar-refractivity contribution >= 4 is 33.7 Å². The topological polar surface area (TPSA) is 72.4 Å². The summed E-state index contributed by atoms with van der Waals surface area (Å²) < 4.78 is 7.37. The van der Waals surface area contributed by atoms with Gasteiger partial charge in [0.2, 0.25) is 0 Å². The number of ether oxygens (including phenoxy) is 1. The molecule has 0 aliphatic carbocycles. The molecule has 1 amide bonds. The molecule has 2 aromatic carbocycles. The van der Waals surface area contributed by atoms with Crippen LogP contribution in [0.15, 0.2) is 78.3 Å². The second-order valence-electron chi connectivity index (χ2n) is 7.51.